The van der Waals surface area contributed by atoms with Crippen LogP contribution in [-0.2, 0) is 10.0 Å². The topological polar surface area (TPSA) is 79.6 Å². The first-order chi connectivity index (χ1) is 13.2. The van der Waals surface area contributed by atoms with Gasteiger partial charge in [-0.05, 0) is 70.6 Å². The van der Waals surface area contributed by atoms with Gasteiger partial charge in [0, 0.05) is 30.1 Å². The van der Waals surface area contributed by atoms with Gasteiger partial charge in [-0.2, -0.15) is 0 Å². The number of furan rings is 1. The highest BCUT2D eigenvalue weighted by Gasteiger charge is 2.30. The predicted molar refractivity (Wildman–Crippen MR) is 110 cm³/mol. The van der Waals surface area contributed by atoms with Crippen molar-refractivity contribution in [1.29, 1.82) is 0 Å². The van der Waals surface area contributed by atoms with Crippen molar-refractivity contribution < 1.29 is 17.6 Å². The summed E-state index contributed by atoms with van der Waals surface area (Å²) < 4.78 is 34.9. The standard InChI is InChI=1S/C21H30N2O4S/c1-6-14(3)22-28(25,26)20-15(4)13(2)12-17-16(5)18(27-19(17)20)21(24)23-10-8-7-9-11-23/h12,14,22H,6-11H2,1-5H3/t14-/m1/s1. The lowest BCUT2D eigenvalue weighted by atomic mass is 10.0. The molecule has 1 aromatic carbocycles. The summed E-state index contributed by atoms with van der Waals surface area (Å²) in [6.45, 7) is 10.7. The van der Waals surface area contributed by atoms with Crippen LogP contribution >= 0.6 is 0 Å². The molecular weight excluding hydrogens is 376 g/mol. The molecule has 1 amide bonds. The molecule has 0 spiro atoms. The molecule has 0 saturated carbocycles. The zero-order chi connectivity index (χ0) is 20.6. The molecule has 0 bridgehead atoms. The number of benzene rings is 1. The first kappa shape index (κ1) is 20.9. The number of carbonyl (C=O) groups is 1. The number of nitrogens with one attached hydrogen (secondary N) is 1. The van der Waals surface area contributed by atoms with Crippen LogP contribution in [0.1, 0.15) is 66.8 Å². The highest BCUT2D eigenvalue weighted by molar-refractivity contribution is 7.89. The molecule has 3 rings (SSSR count). The number of fused-ring (bicyclic) bond motifs is 1. The van der Waals surface area contributed by atoms with Gasteiger partial charge in [0.15, 0.2) is 11.3 Å². The van der Waals surface area contributed by atoms with Crippen LogP contribution in [0.5, 0.6) is 0 Å². The molecule has 1 N–H and O–H groups in total. The van der Waals surface area contributed by atoms with Gasteiger partial charge in [-0.3, -0.25) is 4.79 Å². The van der Waals surface area contributed by atoms with E-state index >= 15 is 0 Å². The molecule has 28 heavy (non-hydrogen) atoms. The maximum atomic E-state index is 13.1. The number of aryl methyl sites for hydroxylation is 2. The molecule has 0 radical (unpaired) electrons. The van der Waals surface area contributed by atoms with Gasteiger partial charge >= 0.3 is 0 Å². The second-order valence-electron chi connectivity index (χ2n) is 7.86. The van der Waals surface area contributed by atoms with E-state index in [1.165, 1.54) is 0 Å². The SMILES string of the molecule is CC[C@@H](C)NS(=O)(=O)c1c(C)c(C)cc2c(C)c(C(=O)N3CCCCC3)oc12. The van der Waals surface area contributed by atoms with Gasteiger partial charge in [-0.15, -0.1) is 0 Å². The van der Waals surface area contributed by atoms with Crippen LogP contribution in [0.4, 0.5) is 0 Å². The third-order valence-electron chi connectivity index (χ3n) is 5.77. The molecule has 7 heteroatoms. The van der Waals surface area contributed by atoms with Gasteiger partial charge in [-0.1, -0.05) is 6.92 Å². The Labute approximate surface area is 167 Å². The van der Waals surface area contributed by atoms with Crippen LogP contribution in [0.15, 0.2) is 15.4 Å². The summed E-state index contributed by atoms with van der Waals surface area (Å²) in [5.41, 5.74) is 2.48. The Hall–Kier alpha value is -1.86. The molecule has 154 valence electrons. The van der Waals surface area contributed by atoms with E-state index in [1.54, 1.807) is 11.8 Å². The van der Waals surface area contributed by atoms with E-state index in [2.05, 4.69) is 4.72 Å². The molecule has 1 saturated heterocycles. The third-order valence-corrected chi connectivity index (χ3v) is 7.51. The van der Waals surface area contributed by atoms with Crippen molar-refractivity contribution in [3.63, 3.8) is 0 Å². The number of carbonyl (C=O) groups excluding carboxylic acids is 1. The maximum absolute atomic E-state index is 13.1. The molecule has 0 aliphatic carbocycles. The zero-order valence-corrected chi connectivity index (χ0v) is 18.2. The number of rotatable bonds is 5. The first-order valence-corrected chi connectivity index (χ1v) is 11.5. The number of piperidine rings is 1. The second kappa shape index (κ2) is 7.87. The van der Waals surface area contributed by atoms with E-state index in [9.17, 15) is 13.2 Å². The average molecular weight is 407 g/mol. The highest BCUT2D eigenvalue weighted by Crippen LogP contribution is 2.35. The Kier molecular flexibility index (Phi) is 5.87. The summed E-state index contributed by atoms with van der Waals surface area (Å²) in [4.78, 5) is 15.0. The smallest absolute Gasteiger partial charge is 0.289 e. The minimum absolute atomic E-state index is 0.142. The average Bonchev–Trinajstić information content (AvgIpc) is 2.98. The van der Waals surface area contributed by atoms with Crippen molar-refractivity contribution in [2.45, 2.75) is 71.2 Å². The highest BCUT2D eigenvalue weighted by atomic mass is 32.2. The van der Waals surface area contributed by atoms with Crippen LogP contribution < -0.4 is 4.72 Å². The Morgan fingerprint density at radius 3 is 2.43 bits per heavy atom. The number of hydrogen-bond acceptors (Lipinski definition) is 4. The van der Waals surface area contributed by atoms with E-state index in [4.69, 9.17) is 4.42 Å². The van der Waals surface area contributed by atoms with Crippen LogP contribution in [0.25, 0.3) is 11.0 Å². The molecule has 0 unspecified atom stereocenters. The van der Waals surface area contributed by atoms with Gasteiger partial charge in [0.1, 0.15) is 4.90 Å². The van der Waals surface area contributed by atoms with E-state index in [-0.39, 0.29) is 28.2 Å². The molecule has 1 aliphatic rings. The number of likely N-dealkylation sites (tertiary alicyclic amines) is 1. The number of amides is 1. The van der Waals surface area contributed by atoms with Crippen molar-refractivity contribution in [2.75, 3.05) is 13.1 Å². The summed E-state index contributed by atoms with van der Waals surface area (Å²) in [5.74, 6) is 0.101. The molecule has 1 aromatic heterocycles. The molecule has 1 aliphatic heterocycles. The van der Waals surface area contributed by atoms with Crippen molar-refractivity contribution in [3.8, 4) is 0 Å². The Bertz CT molecular complexity index is 1000. The molecule has 1 fully saturated rings. The van der Waals surface area contributed by atoms with Gasteiger partial charge in [0.05, 0.1) is 0 Å². The Morgan fingerprint density at radius 2 is 1.82 bits per heavy atom. The van der Waals surface area contributed by atoms with E-state index in [0.717, 1.165) is 24.8 Å². The minimum atomic E-state index is -3.77. The Morgan fingerprint density at radius 1 is 1.18 bits per heavy atom. The minimum Gasteiger partial charge on any atom is -0.449 e. The molecule has 1 atom stereocenters. The molecule has 2 heterocycles. The van der Waals surface area contributed by atoms with Gasteiger partial charge in [-0.25, -0.2) is 13.1 Å². The number of nitrogens with zero attached hydrogens (tertiary/aromatic N) is 1. The first-order valence-electron chi connectivity index (χ1n) is 10.0. The van der Waals surface area contributed by atoms with Crippen molar-refractivity contribution >= 4 is 26.9 Å². The lowest BCUT2D eigenvalue weighted by Crippen LogP contribution is -2.35. The summed E-state index contributed by atoms with van der Waals surface area (Å²) in [5, 5.41) is 0.688. The third kappa shape index (κ3) is 3.70. The molecule has 6 nitrogen and oxygen atoms in total. The summed E-state index contributed by atoms with van der Waals surface area (Å²) in [7, 11) is -3.77. The largest absolute Gasteiger partial charge is 0.449 e. The summed E-state index contributed by atoms with van der Waals surface area (Å²) in [6.07, 6.45) is 3.79. The van der Waals surface area contributed by atoms with Crippen molar-refractivity contribution in [3.05, 3.63) is 28.5 Å². The van der Waals surface area contributed by atoms with Crippen LogP contribution in [-0.4, -0.2) is 38.4 Å². The van der Waals surface area contributed by atoms with Crippen LogP contribution in [0.3, 0.4) is 0 Å². The lowest BCUT2D eigenvalue weighted by molar-refractivity contribution is 0.0693. The number of hydrogen-bond donors (Lipinski definition) is 1. The van der Waals surface area contributed by atoms with Gasteiger partial charge in [0.2, 0.25) is 10.0 Å². The van der Waals surface area contributed by atoms with Gasteiger partial charge in [0.25, 0.3) is 5.91 Å². The molecular formula is C21H30N2O4S. The normalized spacial score (nSPS) is 16.5. The lowest BCUT2D eigenvalue weighted by Gasteiger charge is -2.25. The zero-order valence-electron chi connectivity index (χ0n) is 17.4. The van der Waals surface area contributed by atoms with Crippen LogP contribution in [0, 0.1) is 20.8 Å². The maximum Gasteiger partial charge on any atom is 0.289 e. The summed E-state index contributed by atoms with van der Waals surface area (Å²) >= 11 is 0. The van der Waals surface area contributed by atoms with Crippen molar-refractivity contribution in [2.24, 2.45) is 0 Å². The van der Waals surface area contributed by atoms with Crippen molar-refractivity contribution in [1.82, 2.24) is 9.62 Å². The second-order valence-corrected chi connectivity index (χ2v) is 9.51. The Balaban J connectivity index is 2.17. The fourth-order valence-corrected chi connectivity index (χ4v) is 5.49. The van der Waals surface area contributed by atoms with Gasteiger partial charge < -0.3 is 9.32 Å². The van der Waals surface area contributed by atoms with Crippen LogP contribution in [0.2, 0.25) is 0 Å². The fraction of sp³-hybridized carbons (Fsp3) is 0.571. The predicted octanol–water partition coefficient (Wildman–Crippen LogP) is 4.06. The van der Waals surface area contributed by atoms with E-state index in [1.807, 2.05) is 33.8 Å². The molecule has 2 aromatic rings. The van der Waals surface area contributed by atoms with E-state index < -0.39 is 10.0 Å². The monoisotopic (exact) mass is 406 g/mol. The number of sulfonamides is 1. The fourth-order valence-electron chi connectivity index (χ4n) is 3.72. The quantitative estimate of drug-likeness (QED) is 0.812. The van der Waals surface area contributed by atoms with E-state index in [0.29, 0.717) is 36.0 Å². The summed E-state index contributed by atoms with van der Waals surface area (Å²) in [6, 6.07) is 1.73.